The van der Waals surface area contributed by atoms with Crippen LogP contribution in [0.2, 0.25) is 0 Å². The Balaban J connectivity index is 2.27. The van der Waals surface area contributed by atoms with E-state index in [1.165, 1.54) is 6.07 Å². The van der Waals surface area contributed by atoms with E-state index in [0.29, 0.717) is 11.8 Å². The molecule has 1 heterocycles. The van der Waals surface area contributed by atoms with E-state index in [-0.39, 0.29) is 17.5 Å². The maximum Gasteiger partial charge on any atom is 0.257 e. The summed E-state index contributed by atoms with van der Waals surface area (Å²) in [5.41, 5.74) is 1.03. The number of carbonyl (C=O) groups is 1. The lowest BCUT2D eigenvalue weighted by atomic mass is 9.85. The lowest BCUT2D eigenvalue weighted by Crippen LogP contribution is -2.49. The minimum atomic E-state index is -0.414. The van der Waals surface area contributed by atoms with Crippen LogP contribution < -0.4 is 0 Å². The first-order valence-electron chi connectivity index (χ1n) is 6.97. The van der Waals surface area contributed by atoms with Crippen molar-refractivity contribution in [3.05, 3.63) is 35.1 Å². The molecule has 0 saturated carbocycles. The standard InChI is InChI=1S/C16H22FNO/c1-10-5-6-14(15(17)8-10)16(19)18-9-11(2)7-12(3)13(18)4/h5-6,8,11-13H,7,9H2,1-4H3. The molecule has 0 N–H and O–H groups in total. The Hall–Kier alpha value is -1.38. The second kappa shape index (κ2) is 5.32. The molecule has 2 nitrogen and oxygen atoms in total. The zero-order chi connectivity index (χ0) is 14.2. The normalized spacial score (nSPS) is 27.4. The Kier molecular flexibility index (Phi) is 3.93. The van der Waals surface area contributed by atoms with Gasteiger partial charge < -0.3 is 4.90 Å². The Morgan fingerprint density at radius 1 is 1.32 bits per heavy atom. The number of rotatable bonds is 1. The highest BCUT2D eigenvalue weighted by atomic mass is 19.1. The molecule has 1 amide bonds. The van der Waals surface area contributed by atoms with Gasteiger partial charge in [0, 0.05) is 12.6 Å². The highest BCUT2D eigenvalue weighted by Crippen LogP contribution is 2.28. The van der Waals surface area contributed by atoms with E-state index in [1.807, 2.05) is 11.8 Å². The van der Waals surface area contributed by atoms with Crippen LogP contribution in [0.1, 0.15) is 43.1 Å². The number of benzene rings is 1. The van der Waals surface area contributed by atoms with E-state index in [0.717, 1.165) is 18.5 Å². The molecule has 0 aromatic heterocycles. The van der Waals surface area contributed by atoms with Crippen molar-refractivity contribution in [1.29, 1.82) is 0 Å². The molecular formula is C16H22FNO. The van der Waals surface area contributed by atoms with Crippen molar-refractivity contribution in [2.75, 3.05) is 6.54 Å². The highest BCUT2D eigenvalue weighted by Gasteiger charge is 2.33. The van der Waals surface area contributed by atoms with Crippen LogP contribution in [0.3, 0.4) is 0 Å². The SMILES string of the molecule is Cc1ccc(C(=O)N2CC(C)CC(C)C2C)c(F)c1. The lowest BCUT2D eigenvalue weighted by molar-refractivity contribution is 0.0451. The van der Waals surface area contributed by atoms with Crippen molar-refractivity contribution in [2.24, 2.45) is 11.8 Å². The topological polar surface area (TPSA) is 20.3 Å². The molecule has 2 rings (SSSR count). The fourth-order valence-electron chi connectivity index (χ4n) is 2.93. The lowest BCUT2D eigenvalue weighted by Gasteiger charge is -2.41. The van der Waals surface area contributed by atoms with Crippen molar-refractivity contribution >= 4 is 5.91 Å². The summed E-state index contributed by atoms with van der Waals surface area (Å²) in [5, 5.41) is 0. The number of carbonyl (C=O) groups excluding carboxylic acids is 1. The first-order valence-corrected chi connectivity index (χ1v) is 6.97. The summed E-state index contributed by atoms with van der Waals surface area (Å²) >= 11 is 0. The summed E-state index contributed by atoms with van der Waals surface area (Å²) in [5.74, 6) is 0.344. The predicted octanol–water partition coefficient (Wildman–Crippen LogP) is 3.64. The Bertz CT molecular complexity index is 486. The van der Waals surface area contributed by atoms with Gasteiger partial charge in [0.2, 0.25) is 0 Å². The van der Waals surface area contributed by atoms with Crippen molar-refractivity contribution in [2.45, 2.75) is 40.2 Å². The van der Waals surface area contributed by atoms with Gasteiger partial charge >= 0.3 is 0 Å². The highest BCUT2D eigenvalue weighted by molar-refractivity contribution is 5.94. The molecule has 1 aromatic rings. The van der Waals surface area contributed by atoms with E-state index in [4.69, 9.17) is 0 Å². The van der Waals surface area contributed by atoms with Gasteiger partial charge in [-0.2, -0.15) is 0 Å². The van der Waals surface area contributed by atoms with Gasteiger partial charge in [-0.3, -0.25) is 4.79 Å². The quantitative estimate of drug-likeness (QED) is 0.757. The van der Waals surface area contributed by atoms with Crippen molar-refractivity contribution in [1.82, 2.24) is 4.90 Å². The molecule has 3 heteroatoms. The first kappa shape index (κ1) is 14.0. The molecule has 0 radical (unpaired) electrons. The Labute approximate surface area is 114 Å². The Morgan fingerprint density at radius 3 is 2.63 bits per heavy atom. The molecule has 0 aliphatic carbocycles. The third-order valence-corrected chi connectivity index (χ3v) is 4.21. The first-order chi connectivity index (χ1) is 8.90. The second-order valence-corrected chi connectivity index (χ2v) is 6.00. The molecule has 0 spiro atoms. The van der Waals surface area contributed by atoms with E-state index >= 15 is 0 Å². The summed E-state index contributed by atoms with van der Waals surface area (Å²) in [6.45, 7) is 8.91. The second-order valence-electron chi connectivity index (χ2n) is 6.00. The zero-order valence-electron chi connectivity index (χ0n) is 12.1. The van der Waals surface area contributed by atoms with Gasteiger partial charge in [0.15, 0.2) is 0 Å². The van der Waals surface area contributed by atoms with Gasteiger partial charge in [-0.15, -0.1) is 0 Å². The maximum absolute atomic E-state index is 13.9. The summed E-state index contributed by atoms with van der Waals surface area (Å²) < 4.78 is 13.9. The van der Waals surface area contributed by atoms with Crippen molar-refractivity contribution < 1.29 is 9.18 Å². The van der Waals surface area contributed by atoms with Crippen LogP contribution in [0.25, 0.3) is 0 Å². The number of aryl methyl sites for hydroxylation is 1. The van der Waals surface area contributed by atoms with Gasteiger partial charge in [0.1, 0.15) is 5.82 Å². The maximum atomic E-state index is 13.9. The van der Waals surface area contributed by atoms with Gasteiger partial charge in [-0.25, -0.2) is 4.39 Å². The van der Waals surface area contributed by atoms with Gasteiger partial charge in [-0.1, -0.05) is 19.9 Å². The third-order valence-electron chi connectivity index (χ3n) is 4.21. The van der Waals surface area contributed by atoms with Crippen LogP contribution in [-0.4, -0.2) is 23.4 Å². The Morgan fingerprint density at radius 2 is 2.00 bits per heavy atom. The number of piperidine rings is 1. The predicted molar refractivity (Wildman–Crippen MR) is 74.6 cm³/mol. The van der Waals surface area contributed by atoms with Crippen LogP contribution >= 0.6 is 0 Å². The summed E-state index contributed by atoms with van der Waals surface area (Å²) in [6, 6.07) is 4.99. The monoisotopic (exact) mass is 263 g/mol. The van der Waals surface area contributed by atoms with Crippen molar-refractivity contribution in [3.8, 4) is 0 Å². The number of hydrogen-bond donors (Lipinski definition) is 0. The van der Waals surface area contributed by atoms with E-state index < -0.39 is 5.82 Å². The molecule has 1 aromatic carbocycles. The minimum Gasteiger partial charge on any atom is -0.335 e. The molecule has 1 fully saturated rings. The number of nitrogens with zero attached hydrogens (tertiary/aromatic N) is 1. The largest absolute Gasteiger partial charge is 0.335 e. The van der Waals surface area contributed by atoms with Crippen LogP contribution in [0.4, 0.5) is 4.39 Å². The molecule has 1 saturated heterocycles. The van der Waals surface area contributed by atoms with Crippen LogP contribution in [0.15, 0.2) is 18.2 Å². The van der Waals surface area contributed by atoms with Gasteiger partial charge in [0.05, 0.1) is 5.56 Å². The molecular weight excluding hydrogens is 241 g/mol. The minimum absolute atomic E-state index is 0.171. The fourth-order valence-corrected chi connectivity index (χ4v) is 2.93. The van der Waals surface area contributed by atoms with Crippen LogP contribution in [-0.2, 0) is 0 Å². The number of likely N-dealkylation sites (tertiary alicyclic amines) is 1. The summed E-state index contributed by atoms with van der Waals surface area (Å²) in [7, 11) is 0. The number of hydrogen-bond acceptors (Lipinski definition) is 1. The van der Waals surface area contributed by atoms with Gasteiger partial charge in [-0.05, 0) is 49.8 Å². The average molecular weight is 263 g/mol. The smallest absolute Gasteiger partial charge is 0.257 e. The average Bonchev–Trinajstić information content (AvgIpc) is 2.33. The molecule has 3 unspecified atom stereocenters. The van der Waals surface area contributed by atoms with E-state index in [1.54, 1.807) is 12.1 Å². The van der Waals surface area contributed by atoms with Crippen LogP contribution in [0.5, 0.6) is 0 Å². The summed E-state index contributed by atoms with van der Waals surface area (Å²) in [6.07, 6.45) is 1.13. The fraction of sp³-hybridized carbons (Fsp3) is 0.562. The van der Waals surface area contributed by atoms with Crippen LogP contribution in [0, 0.1) is 24.6 Å². The zero-order valence-corrected chi connectivity index (χ0v) is 12.1. The molecule has 0 bridgehead atoms. The number of amides is 1. The van der Waals surface area contributed by atoms with Crippen molar-refractivity contribution in [3.63, 3.8) is 0 Å². The molecule has 19 heavy (non-hydrogen) atoms. The summed E-state index contributed by atoms with van der Waals surface area (Å²) in [4.78, 5) is 14.3. The van der Waals surface area contributed by atoms with E-state index in [9.17, 15) is 9.18 Å². The third kappa shape index (κ3) is 2.80. The van der Waals surface area contributed by atoms with Gasteiger partial charge in [0.25, 0.3) is 5.91 Å². The molecule has 1 aliphatic rings. The molecule has 3 atom stereocenters. The number of halogens is 1. The molecule has 1 aliphatic heterocycles. The molecule has 104 valence electrons. The van der Waals surface area contributed by atoms with E-state index in [2.05, 4.69) is 20.8 Å².